The number of rotatable bonds is 4. The molecule has 1 heterocycles. The first-order chi connectivity index (χ1) is 10.2. The summed E-state index contributed by atoms with van der Waals surface area (Å²) in [7, 11) is 1.67. The Labute approximate surface area is 124 Å². The maximum Gasteiger partial charge on any atom is 0.125 e. The molecule has 0 aliphatic carbocycles. The minimum atomic E-state index is -0.191. The van der Waals surface area contributed by atoms with Crippen LogP contribution >= 0.6 is 0 Å². The highest BCUT2D eigenvalue weighted by Gasteiger charge is 2.20. The van der Waals surface area contributed by atoms with E-state index in [1.807, 2.05) is 18.2 Å². The Kier molecular flexibility index (Phi) is 3.80. The number of halogens is 1. The highest BCUT2D eigenvalue weighted by Crippen LogP contribution is 2.32. The monoisotopic (exact) mass is 286 g/mol. The van der Waals surface area contributed by atoms with E-state index in [1.54, 1.807) is 13.2 Å². The molecule has 2 aromatic rings. The predicted octanol–water partition coefficient (Wildman–Crippen LogP) is 2.86. The van der Waals surface area contributed by atoms with E-state index < -0.39 is 0 Å². The van der Waals surface area contributed by atoms with Gasteiger partial charge < -0.3 is 15.4 Å². The molecule has 0 saturated heterocycles. The Hall–Kier alpha value is -2.07. The molecule has 0 amide bonds. The fraction of sp³-hybridized carbons (Fsp3) is 0.294. The average molecular weight is 286 g/mol. The number of anilines is 1. The first-order valence-electron chi connectivity index (χ1n) is 7.10. The van der Waals surface area contributed by atoms with Gasteiger partial charge in [-0.1, -0.05) is 12.1 Å². The van der Waals surface area contributed by atoms with Gasteiger partial charge in [0.2, 0.25) is 0 Å². The summed E-state index contributed by atoms with van der Waals surface area (Å²) in [6.07, 6.45) is 0.953. The third-order valence-corrected chi connectivity index (χ3v) is 3.98. The lowest BCUT2D eigenvalue weighted by Gasteiger charge is -2.21. The topological polar surface area (TPSA) is 38.5 Å². The van der Waals surface area contributed by atoms with Crippen LogP contribution in [0.5, 0.6) is 5.75 Å². The van der Waals surface area contributed by atoms with Crippen LogP contribution in [0.1, 0.15) is 16.7 Å². The van der Waals surface area contributed by atoms with Crippen molar-refractivity contribution >= 4 is 5.69 Å². The molecule has 0 atom stereocenters. The van der Waals surface area contributed by atoms with Gasteiger partial charge in [0, 0.05) is 30.9 Å². The maximum absolute atomic E-state index is 13.5. The van der Waals surface area contributed by atoms with E-state index in [0.717, 1.165) is 35.5 Å². The predicted molar refractivity (Wildman–Crippen MR) is 82.0 cm³/mol. The molecule has 0 aromatic heterocycles. The van der Waals surface area contributed by atoms with Crippen molar-refractivity contribution in [2.75, 3.05) is 18.6 Å². The molecule has 1 aliphatic heterocycles. The normalized spacial score (nSPS) is 13.4. The van der Waals surface area contributed by atoms with Gasteiger partial charge in [-0.25, -0.2) is 4.39 Å². The molecule has 0 saturated carbocycles. The lowest BCUT2D eigenvalue weighted by atomic mass is 10.1. The van der Waals surface area contributed by atoms with Crippen LogP contribution in [0, 0.1) is 5.82 Å². The average Bonchev–Trinajstić information content (AvgIpc) is 2.89. The van der Waals surface area contributed by atoms with E-state index in [4.69, 9.17) is 10.5 Å². The van der Waals surface area contributed by atoms with E-state index >= 15 is 0 Å². The summed E-state index contributed by atoms with van der Waals surface area (Å²) in [6, 6.07) is 11.0. The van der Waals surface area contributed by atoms with Crippen LogP contribution in [-0.2, 0) is 19.5 Å². The molecule has 1 aliphatic rings. The van der Waals surface area contributed by atoms with Crippen molar-refractivity contribution in [3.05, 3.63) is 58.9 Å². The Morgan fingerprint density at radius 2 is 2.10 bits per heavy atom. The van der Waals surface area contributed by atoms with Gasteiger partial charge in [-0.2, -0.15) is 0 Å². The van der Waals surface area contributed by atoms with Crippen LogP contribution in [0.3, 0.4) is 0 Å². The fourth-order valence-corrected chi connectivity index (χ4v) is 2.87. The van der Waals surface area contributed by atoms with Crippen molar-refractivity contribution in [2.24, 2.45) is 5.73 Å². The van der Waals surface area contributed by atoms with E-state index in [1.165, 1.54) is 11.6 Å². The van der Waals surface area contributed by atoms with Crippen LogP contribution in [0.4, 0.5) is 10.1 Å². The molecule has 3 rings (SSSR count). The molecule has 0 radical (unpaired) electrons. The summed E-state index contributed by atoms with van der Waals surface area (Å²) in [5, 5.41) is 0. The second-order valence-electron chi connectivity index (χ2n) is 5.29. The molecular formula is C17H19FN2O. The zero-order chi connectivity index (χ0) is 14.8. The van der Waals surface area contributed by atoms with Crippen molar-refractivity contribution < 1.29 is 9.13 Å². The van der Waals surface area contributed by atoms with E-state index in [-0.39, 0.29) is 5.82 Å². The maximum atomic E-state index is 13.5. The molecule has 0 fully saturated rings. The first-order valence-corrected chi connectivity index (χ1v) is 7.10. The number of nitrogens with two attached hydrogens (primary N) is 1. The number of nitrogens with zero attached hydrogens (tertiary/aromatic N) is 1. The highest BCUT2D eigenvalue weighted by atomic mass is 19.1. The second kappa shape index (κ2) is 5.74. The van der Waals surface area contributed by atoms with Gasteiger partial charge in [-0.15, -0.1) is 0 Å². The van der Waals surface area contributed by atoms with E-state index in [2.05, 4.69) is 11.0 Å². The number of hydrogen-bond donors (Lipinski definition) is 1. The molecule has 4 heteroatoms. The minimum absolute atomic E-state index is 0.191. The standard InChI is InChI=1S/C17H19FN2O/c1-21-17-5-2-12(10-19)8-14(17)11-20-7-6-13-3-4-15(18)9-16(13)20/h2-5,8-9H,6-7,10-11,19H2,1H3. The van der Waals surface area contributed by atoms with Gasteiger partial charge in [0.25, 0.3) is 0 Å². The number of methoxy groups -OCH3 is 1. The fourth-order valence-electron chi connectivity index (χ4n) is 2.87. The van der Waals surface area contributed by atoms with Gasteiger partial charge in [0.05, 0.1) is 7.11 Å². The number of fused-ring (bicyclic) bond motifs is 1. The molecule has 0 spiro atoms. The van der Waals surface area contributed by atoms with Gasteiger partial charge >= 0.3 is 0 Å². The summed E-state index contributed by atoms with van der Waals surface area (Å²) in [5.41, 5.74) is 10.0. The van der Waals surface area contributed by atoms with E-state index in [0.29, 0.717) is 13.1 Å². The molecule has 0 unspecified atom stereocenters. The van der Waals surface area contributed by atoms with Gasteiger partial charge in [0.15, 0.2) is 0 Å². The summed E-state index contributed by atoms with van der Waals surface area (Å²) < 4.78 is 18.9. The van der Waals surface area contributed by atoms with Crippen molar-refractivity contribution in [1.82, 2.24) is 0 Å². The molecule has 3 nitrogen and oxygen atoms in total. The highest BCUT2D eigenvalue weighted by molar-refractivity contribution is 5.59. The van der Waals surface area contributed by atoms with Crippen LogP contribution in [0.25, 0.3) is 0 Å². The lowest BCUT2D eigenvalue weighted by molar-refractivity contribution is 0.409. The van der Waals surface area contributed by atoms with Crippen molar-refractivity contribution in [2.45, 2.75) is 19.5 Å². The van der Waals surface area contributed by atoms with Gasteiger partial charge in [-0.3, -0.25) is 0 Å². The van der Waals surface area contributed by atoms with Crippen LogP contribution < -0.4 is 15.4 Å². The largest absolute Gasteiger partial charge is 0.496 e. The SMILES string of the molecule is COc1ccc(CN)cc1CN1CCc2ccc(F)cc21. The number of benzene rings is 2. The van der Waals surface area contributed by atoms with Gasteiger partial charge in [0.1, 0.15) is 11.6 Å². The Balaban J connectivity index is 1.90. The molecule has 2 N–H and O–H groups in total. The molecular weight excluding hydrogens is 267 g/mol. The number of ether oxygens (including phenoxy) is 1. The Morgan fingerprint density at radius 1 is 1.24 bits per heavy atom. The molecule has 110 valence electrons. The minimum Gasteiger partial charge on any atom is -0.496 e. The lowest BCUT2D eigenvalue weighted by Crippen LogP contribution is -2.20. The first kappa shape index (κ1) is 13.9. The van der Waals surface area contributed by atoms with E-state index in [9.17, 15) is 4.39 Å². The van der Waals surface area contributed by atoms with Crippen molar-refractivity contribution in [1.29, 1.82) is 0 Å². The number of hydrogen-bond acceptors (Lipinski definition) is 3. The van der Waals surface area contributed by atoms with Crippen molar-refractivity contribution in [3.8, 4) is 5.75 Å². The quantitative estimate of drug-likeness (QED) is 0.939. The summed E-state index contributed by atoms with van der Waals surface area (Å²) in [6.45, 7) is 2.10. The summed E-state index contributed by atoms with van der Waals surface area (Å²) in [5.74, 6) is 0.653. The van der Waals surface area contributed by atoms with Crippen LogP contribution in [0.15, 0.2) is 36.4 Å². The summed E-state index contributed by atoms with van der Waals surface area (Å²) in [4.78, 5) is 2.19. The Morgan fingerprint density at radius 3 is 2.86 bits per heavy atom. The second-order valence-corrected chi connectivity index (χ2v) is 5.29. The third kappa shape index (κ3) is 2.72. The smallest absolute Gasteiger partial charge is 0.125 e. The van der Waals surface area contributed by atoms with Crippen LogP contribution in [0.2, 0.25) is 0 Å². The molecule has 2 aromatic carbocycles. The van der Waals surface area contributed by atoms with Gasteiger partial charge in [-0.05, 0) is 41.8 Å². The third-order valence-electron chi connectivity index (χ3n) is 3.98. The van der Waals surface area contributed by atoms with Crippen LogP contribution in [-0.4, -0.2) is 13.7 Å². The van der Waals surface area contributed by atoms with Crippen molar-refractivity contribution in [3.63, 3.8) is 0 Å². The molecule has 21 heavy (non-hydrogen) atoms. The Bertz CT molecular complexity index is 657. The zero-order valence-electron chi connectivity index (χ0n) is 12.1. The summed E-state index contributed by atoms with van der Waals surface area (Å²) >= 11 is 0. The zero-order valence-corrected chi connectivity index (χ0v) is 12.1. The molecule has 0 bridgehead atoms.